The monoisotopic (exact) mass is 295 g/mol. The van der Waals surface area contributed by atoms with Gasteiger partial charge in [-0.25, -0.2) is 4.39 Å². The highest BCUT2D eigenvalue weighted by Gasteiger charge is 2.16. The van der Waals surface area contributed by atoms with Gasteiger partial charge in [-0.2, -0.15) is 5.10 Å². The first-order chi connectivity index (χ1) is 9.51. The summed E-state index contributed by atoms with van der Waals surface area (Å²) in [5.41, 5.74) is 9.05. The first kappa shape index (κ1) is 15.0. The van der Waals surface area contributed by atoms with Crippen LogP contribution in [0.5, 0.6) is 0 Å². The molecule has 1 atom stereocenters. The van der Waals surface area contributed by atoms with E-state index in [0.717, 1.165) is 23.4 Å². The molecule has 1 aromatic heterocycles. The second-order valence-electron chi connectivity index (χ2n) is 4.98. The molecule has 1 heterocycles. The van der Waals surface area contributed by atoms with Crippen LogP contribution in [0.3, 0.4) is 0 Å². The minimum Gasteiger partial charge on any atom is -0.327 e. The van der Waals surface area contributed by atoms with Gasteiger partial charge < -0.3 is 5.73 Å². The molecule has 0 saturated carbocycles. The molecule has 20 heavy (non-hydrogen) atoms. The molecule has 5 heteroatoms. The van der Waals surface area contributed by atoms with E-state index < -0.39 is 0 Å². The van der Waals surface area contributed by atoms with Gasteiger partial charge in [0.15, 0.2) is 0 Å². The van der Waals surface area contributed by atoms with Crippen molar-refractivity contribution in [3.05, 3.63) is 52.1 Å². The number of aromatic nitrogens is 2. The van der Waals surface area contributed by atoms with E-state index in [1.165, 1.54) is 12.1 Å². The SMILES string of the molecule is CCc1nn(C)c(CC(N)Cc2ccc(F)cc2)c1Cl. The lowest BCUT2D eigenvalue weighted by atomic mass is 10.0. The second-order valence-corrected chi connectivity index (χ2v) is 5.36. The van der Waals surface area contributed by atoms with E-state index in [2.05, 4.69) is 5.10 Å². The molecular weight excluding hydrogens is 277 g/mol. The molecule has 2 N–H and O–H groups in total. The quantitative estimate of drug-likeness (QED) is 0.922. The van der Waals surface area contributed by atoms with E-state index >= 15 is 0 Å². The van der Waals surface area contributed by atoms with E-state index in [1.54, 1.807) is 16.8 Å². The lowest BCUT2D eigenvalue weighted by Gasteiger charge is -2.12. The van der Waals surface area contributed by atoms with E-state index in [1.807, 2.05) is 14.0 Å². The number of benzene rings is 1. The summed E-state index contributed by atoms with van der Waals surface area (Å²) in [5.74, 6) is -0.232. The van der Waals surface area contributed by atoms with E-state index in [0.29, 0.717) is 17.9 Å². The average Bonchev–Trinajstić information content (AvgIpc) is 2.69. The summed E-state index contributed by atoms with van der Waals surface area (Å²) < 4.78 is 14.7. The zero-order valence-electron chi connectivity index (χ0n) is 11.7. The minimum atomic E-state index is -0.232. The average molecular weight is 296 g/mol. The Morgan fingerprint density at radius 2 is 1.95 bits per heavy atom. The number of hydrogen-bond donors (Lipinski definition) is 1. The maximum Gasteiger partial charge on any atom is 0.123 e. The van der Waals surface area contributed by atoms with Crippen LogP contribution in [-0.4, -0.2) is 15.8 Å². The lowest BCUT2D eigenvalue weighted by molar-refractivity contribution is 0.607. The number of nitrogens with two attached hydrogens (primary N) is 1. The second kappa shape index (κ2) is 6.37. The number of halogens is 2. The molecule has 108 valence electrons. The summed E-state index contributed by atoms with van der Waals surface area (Å²) >= 11 is 6.31. The highest BCUT2D eigenvalue weighted by molar-refractivity contribution is 6.31. The molecule has 2 aromatic rings. The van der Waals surface area contributed by atoms with Gasteiger partial charge in [0.1, 0.15) is 5.82 Å². The minimum absolute atomic E-state index is 0.0712. The molecule has 1 unspecified atom stereocenters. The fourth-order valence-corrected chi connectivity index (χ4v) is 2.66. The van der Waals surface area contributed by atoms with Gasteiger partial charge in [-0.05, 0) is 30.5 Å². The standard InChI is InChI=1S/C15H19ClFN3/c1-3-13-15(16)14(20(2)19-13)9-12(18)8-10-4-6-11(17)7-5-10/h4-7,12H,3,8-9,18H2,1-2H3. The summed E-state index contributed by atoms with van der Waals surface area (Å²) in [7, 11) is 1.88. The summed E-state index contributed by atoms with van der Waals surface area (Å²) in [6.45, 7) is 2.02. The van der Waals surface area contributed by atoms with E-state index in [9.17, 15) is 4.39 Å². The van der Waals surface area contributed by atoms with Crippen molar-refractivity contribution in [2.75, 3.05) is 0 Å². The van der Waals surface area contributed by atoms with Crippen LogP contribution in [0, 0.1) is 5.82 Å². The molecular formula is C15H19ClFN3. The van der Waals surface area contributed by atoms with Gasteiger partial charge in [0.05, 0.1) is 16.4 Å². The smallest absolute Gasteiger partial charge is 0.123 e. The third-order valence-corrected chi connectivity index (χ3v) is 3.81. The van der Waals surface area contributed by atoms with Crippen molar-refractivity contribution in [3.8, 4) is 0 Å². The Labute approximate surface area is 123 Å². The van der Waals surface area contributed by atoms with Crippen LogP contribution in [0.4, 0.5) is 4.39 Å². The Kier molecular flexibility index (Phi) is 4.78. The van der Waals surface area contributed by atoms with Gasteiger partial charge in [-0.1, -0.05) is 30.7 Å². The third kappa shape index (κ3) is 3.38. The summed E-state index contributed by atoms with van der Waals surface area (Å²) in [5, 5.41) is 5.09. The highest BCUT2D eigenvalue weighted by Crippen LogP contribution is 2.22. The number of nitrogens with zero attached hydrogens (tertiary/aromatic N) is 2. The Morgan fingerprint density at radius 1 is 1.30 bits per heavy atom. The molecule has 3 nitrogen and oxygen atoms in total. The van der Waals surface area contributed by atoms with Crippen molar-refractivity contribution >= 4 is 11.6 Å². The van der Waals surface area contributed by atoms with Crippen LogP contribution >= 0.6 is 11.6 Å². The summed E-state index contributed by atoms with van der Waals surface area (Å²) in [4.78, 5) is 0. The maximum atomic E-state index is 12.9. The molecule has 0 aliphatic carbocycles. The lowest BCUT2D eigenvalue weighted by Crippen LogP contribution is -2.26. The van der Waals surface area contributed by atoms with Gasteiger partial charge in [0, 0.05) is 19.5 Å². The maximum absolute atomic E-state index is 12.9. The van der Waals surface area contributed by atoms with Crippen LogP contribution in [-0.2, 0) is 26.3 Å². The molecule has 0 aliphatic heterocycles. The molecule has 0 aliphatic rings. The van der Waals surface area contributed by atoms with Gasteiger partial charge in [0.25, 0.3) is 0 Å². The fourth-order valence-electron chi connectivity index (χ4n) is 2.29. The van der Waals surface area contributed by atoms with E-state index in [4.69, 9.17) is 17.3 Å². The van der Waals surface area contributed by atoms with Crippen molar-refractivity contribution in [2.45, 2.75) is 32.2 Å². The Balaban J connectivity index is 2.06. The van der Waals surface area contributed by atoms with Crippen LogP contribution in [0.2, 0.25) is 5.02 Å². The molecule has 2 rings (SSSR count). The predicted molar refractivity (Wildman–Crippen MR) is 79.4 cm³/mol. The molecule has 0 spiro atoms. The van der Waals surface area contributed by atoms with Gasteiger partial charge >= 0.3 is 0 Å². The first-order valence-electron chi connectivity index (χ1n) is 6.71. The van der Waals surface area contributed by atoms with Crippen LogP contribution in [0.25, 0.3) is 0 Å². The molecule has 1 aromatic carbocycles. The Hall–Kier alpha value is -1.39. The van der Waals surface area contributed by atoms with E-state index in [-0.39, 0.29) is 11.9 Å². The van der Waals surface area contributed by atoms with Crippen molar-refractivity contribution in [1.29, 1.82) is 0 Å². The largest absolute Gasteiger partial charge is 0.327 e. The number of rotatable bonds is 5. The van der Waals surface area contributed by atoms with Crippen molar-refractivity contribution in [2.24, 2.45) is 12.8 Å². The summed E-state index contributed by atoms with van der Waals surface area (Å²) in [6, 6.07) is 6.36. The van der Waals surface area contributed by atoms with Crippen LogP contribution < -0.4 is 5.73 Å². The van der Waals surface area contributed by atoms with Gasteiger partial charge in [-0.3, -0.25) is 4.68 Å². The van der Waals surface area contributed by atoms with Crippen molar-refractivity contribution in [1.82, 2.24) is 9.78 Å². The summed E-state index contributed by atoms with van der Waals surface area (Å²) in [6.07, 6.45) is 2.14. The Morgan fingerprint density at radius 3 is 2.50 bits per heavy atom. The van der Waals surface area contributed by atoms with Crippen molar-refractivity contribution in [3.63, 3.8) is 0 Å². The normalized spacial score (nSPS) is 12.7. The van der Waals surface area contributed by atoms with Gasteiger partial charge in [0.2, 0.25) is 0 Å². The highest BCUT2D eigenvalue weighted by atomic mass is 35.5. The fraction of sp³-hybridized carbons (Fsp3) is 0.400. The topological polar surface area (TPSA) is 43.8 Å². The van der Waals surface area contributed by atoms with Crippen LogP contribution in [0.15, 0.2) is 24.3 Å². The first-order valence-corrected chi connectivity index (χ1v) is 7.09. The Bertz CT molecular complexity index is 578. The molecule has 0 fully saturated rings. The van der Waals surface area contributed by atoms with Crippen LogP contribution in [0.1, 0.15) is 23.9 Å². The molecule has 0 saturated heterocycles. The number of hydrogen-bond acceptors (Lipinski definition) is 2. The zero-order valence-corrected chi connectivity index (χ0v) is 12.5. The molecule has 0 amide bonds. The van der Waals surface area contributed by atoms with Crippen molar-refractivity contribution < 1.29 is 4.39 Å². The zero-order chi connectivity index (χ0) is 14.7. The molecule has 0 bridgehead atoms. The number of aryl methyl sites for hydroxylation is 2. The van der Waals surface area contributed by atoms with Gasteiger partial charge in [-0.15, -0.1) is 0 Å². The third-order valence-electron chi connectivity index (χ3n) is 3.37. The molecule has 0 radical (unpaired) electrons. The predicted octanol–water partition coefficient (Wildman–Crippen LogP) is 2.89.